The van der Waals surface area contributed by atoms with Crippen LogP contribution in [0.5, 0.6) is 0 Å². The van der Waals surface area contributed by atoms with E-state index in [1.165, 1.54) is 19.6 Å². The number of ketones is 1. The monoisotopic (exact) mass is 475 g/mol. The van der Waals surface area contributed by atoms with Crippen LogP contribution < -0.4 is 0 Å². The summed E-state index contributed by atoms with van der Waals surface area (Å²) < 4.78 is 0.375. The molecule has 0 radical (unpaired) electrons. The van der Waals surface area contributed by atoms with Gasteiger partial charge in [-0.2, -0.15) is 0 Å². The Balaban J connectivity index is 1.39. The molecule has 3 heterocycles. The maximum absolute atomic E-state index is 13.5. The van der Waals surface area contributed by atoms with Gasteiger partial charge in [0.15, 0.2) is 5.78 Å². The summed E-state index contributed by atoms with van der Waals surface area (Å²) in [5.41, 5.74) is 3.65. The molecule has 1 N–H and O–H groups in total. The standard InChI is InChI=1S/C25H17NOS4/c27-23(15-8-2-1-3-9-15)16-14-17(24-28-18-10-4-5-11-19(18)29-24)26-22(16)25-30-20-12-6-7-13-21(20)31-25/h1-14,24-26H. The minimum absolute atomic E-state index is 0.0840. The zero-order valence-corrected chi connectivity index (χ0v) is 19.5. The average molecular weight is 476 g/mol. The molecule has 0 atom stereocenters. The van der Waals surface area contributed by atoms with Crippen LogP contribution in [0.1, 0.15) is 36.5 Å². The van der Waals surface area contributed by atoms with Crippen LogP contribution >= 0.6 is 47.0 Å². The first-order valence-corrected chi connectivity index (χ1v) is 13.5. The molecule has 0 saturated heterocycles. The van der Waals surface area contributed by atoms with Crippen LogP contribution in [-0.4, -0.2) is 10.8 Å². The Morgan fingerprint density at radius 3 is 1.68 bits per heavy atom. The van der Waals surface area contributed by atoms with Gasteiger partial charge in [0.1, 0.15) is 4.58 Å². The summed E-state index contributed by atoms with van der Waals surface area (Å²) in [7, 11) is 0. The van der Waals surface area contributed by atoms with Gasteiger partial charge in [-0.15, -0.1) is 47.0 Å². The van der Waals surface area contributed by atoms with E-state index in [1.54, 1.807) is 0 Å². The Kier molecular flexibility index (Phi) is 5.19. The van der Waals surface area contributed by atoms with Gasteiger partial charge in [-0.25, -0.2) is 0 Å². The third kappa shape index (κ3) is 3.65. The van der Waals surface area contributed by atoms with Crippen molar-refractivity contribution in [2.24, 2.45) is 0 Å². The average Bonchev–Trinajstić information content (AvgIpc) is 3.54. The SMILES string of the molecule is O=C(c1ccccc1)c1cc(C2Sc3ccccc3S2)[nH]c1C1Sc2ccccc2S1. The van der Waals surface area contributed by atoms with Gasteiger partial charge in [0, 0.05) is 36.4 Å². The Morgan fingerprint density at radius 2 is 1.13 bits per heavy atom. The molecule has 0 saturated carbocycles. The van der Waals surface area contributed by atoms with Gasteiger partial charge in [0.05, 0.1) is 10.3 Å². The fraction of sp³-hybridized carbons (Fsp3) is 0.0800. The van der Waals surface area contributed by atoms with Crippen molar-refractivity contribution in [3.8, 4) is 0 Å². The van der Waals surface area contributed by atoms with E-state index in [4.69, 9.17) is 0 Å². The van der Waals surface area contributed by atoms with Crippen LogP contribution in [0.25, 0.3) is 0 Å². The molecule has 2 aliphatic heterocycles. The van der Waals surface area contributed by atoms with E-state index in [9.17, 15) is 4.79 Å². The smallest absolute Gasteiger partial charge is 0.194 e. The molecule has 6 rings (SSSR count). The van der Waals surface area contributed by atoms with E-state index >= 15 is 0 Å². The molecular formula is C25H17NOS4. The number of hydrogen-bond donors (Lipinski definition) is 1. The lowest BCUT2D eigenvalue weighted by atomic mass is 10.0. The molecule has 2 aliphatic rings. The van der Waals surface area contributed by atoms with Gasteiger partial charge < -0.3 is 4.98 Å². The maximum atomic E-state index is 13.5. The van der Waals surface area contributed by atoms with Gasteiger partial charge in [-0.1, -0.05) is 54.6 Å². The predicted octanol–water partition coefficient (Wildman–Crippen LogP) is 8.04. The number of H-pyrrole nitrogens is 1. The highest BCUT2D eigenvalue weighted by Crippen LogP contribution is 2.59. The summed E-state index contributed by atoms with van der Waals surface area (Å²) >= 11 is 7.36. The molecule has 31 heavy (non-hydrogen) atoms. The highest BCUT2D eigenvalue weighted by Gasteiger charge is 2.33. The zero-order chi connectivity index (χ0) is 20.8. The second kappa shape index (κ2) is 8.17. The third-order valence-electron chi connectivity index (χ3n) is 5.27. The Bertz CT molecular complexity index is 1230. The van der Waals surface area contributed by atoms with E-state index in [0.29, 0.717) is 0 Å². The first-order chi connectivity index (χ1) is 15.3. The summed E-state index contributed by atoms with van der Waals surface area (Å²) in [6.45, 7) is 0. The Labute approximate surface area is 198 Å². The van der Waals surface area contributed by atoms with Crippen LogP contribution in [0.4, 0.5) is 0 Å². The van der Waals surface area contributed by atoms with Gasteiger partial charge in [0.2, 0.25) is 0 Å². The Morgan fingerprint density at radius 1 is 0.645 bits per heavy atom. The number of aromatic amines is 1. The van der Waals surface area contributed by atoms with E-state index < -0.39 is 0 Å². The first-order valence-electron chi connectivity index (χ1n) is 9.93. The maximum Gasteiger partial charge on any atom is 0.194 e. The zero-order valence-electron chi connectivity index (χ0n) is 16.3. The number of hydrogen-bond acceptors (Lipinski definition) is 5. The molecule has 2 nitrogen and oxygen atoms in total. The lowest BCUT2D eigenvalue weighted by Crippen LogP contribution is -2.04. The van der Waals surface area contributed by atoms with Gasteiger partial charge in [-0.3, -0.25) is 4.79 Å². The van der Waals surface area contributed by atoms with Crippen LogP contribution in [0.2, 0.25) is 0 Å². The third-order valence-corrected chi connectivity index (χ3v) is 11.0. The van der Waals surface area contributed by atoms with Gasteiger partial charge in [0.25, 0.3) is 0 Å². The molecule has 4 aromatic rings. The molecular weight excluding hydrogens is 459 g/mol. The van der Waals surface area contributed by atoms with Crippen molar-refractivity contribution in [2.45, 2.75) is 28.7 Å². The van der Waals surface area contributed by atoms with Crippen molar-refractivity contribution in [2.75, 3.05) is 0 Å². The lowest BCUT2D eigenvalue weighted by Gasteiger charge is -2.10. The number of nitrogens with one attached hydrogen (secondary N) is 1. The topological polar surface area (TPSA) is 32.9 Å². The van der Waals surface area contributed by atoms with Crippen molar-refractivity contribution < 1.29 is 4.79 Å². The number of fused-ring (bicyclic) bond motifs is 2. The molecule has 0 spiro atoms. The predicted molar refractivity (Wildman–Crippen MR) is 132 cm³/mol. The van der Waals surface area contributed by atoms with Crippen molar-refractivity contribution in [3.05, 3.63) is 107 Å². The molecule has 1 aromatic heterocycles. The molecule has 152 valence electrons. The summed E-state index contributed by atoms with van der Waals surface area (Å²) in [5.74, 6) is 0.0840. The minimum atomic E-state index is 0.0840. The molecule has 0 fully saturated rings. The number of benzene rings is 3. The number of rotatable bonds is 4. The fourth-order valence-corrected chi connectivity index (χ4v) is 9.39. The highest BCUT2D eigenvalue weighted by molar-refractivity contribution is 8.19. The van der Waals surface area contributed by atoms with Gasteiger partial charge in [-0.05, 0) is 30.3 Å². The number of carbonyl (C=O) groups is 1. The van der Waals surface area contributed by atoms with Crippen molar-refractivity contribution in [1.29, 1.82) is 0 Å². The van der Waals surface area contributed by atoms with Gasteiger partial charge >= 0.3 is 0 Å². The molecule has 0 amide bonds. The molecule has 0 bridgehead atoms. The van der Waals surface area contributed by atoms with Crippen molar-refractivity contribution >= 4 is 52.8 Å². The van der Waals surface area contributed by atoms with Crippen molar-refractivity contribution in [1.82, 2.24) is 4.98 Å². The number of thioether (sulfide) groups is 4. The second-order valence-corrected chi connectivity index (χ2v) is 12.5. The number of carbonyl (C=O) groups excluding carboxylic acids is 1. The van der Waals surface area contributed by atoms with E-state index in [1.807, 2.05) is 77.4 Å². The van der Waals surface area contributed by atoms with Crippen LogP contribution in [0.15, 0.2) is 105 Å². The molecule has 6 heteroatoms. The molecule has 3 aromatic carbocycles. The normalized spacial score (nSPS) is 15.7. The molecule has 0 aliphatic carbocycles. The largest absolute Gasteiger partial charge is 0.358 e. The van der Waals surface area contributed by atoms with E-state index in [2.05, 4.69) is 59.6 Å². The van der Waals surface area contributed by atoms with Crippen LogP contribution in [0, 0.1) is 0 Å². The van der Waals surface area contributed by atoms with Crippen LogP contribution in [0.3, 0.4) is 0 Å². The molecule has 0 unspecified atom stereocenters. The summed E-state index contributed by atoms with van der Waals surface area (Å²) in [6.07, 6.45) is 0. The summed E-state index contributed by atoms with van der Waals surface area (Å²) in [6, 6.07) is 28.7. The fourth-order valence-electron chi connectivity index (χ4n) is 3.78. The first kappa shape index (κ1) is 19.7. The van der Waals surface area contributed by atoms with Crippen LogP contribution in [-0.2, 0) is 0 Å². The summed E-state index contributed by atoms with van der Waals surface area (Å²) in [4.78, 5) is 22.3. The lowest BCUT2D eigenvalue weighted by molar-refractivity contribution is 0.103. The quantitative estimate of drug-likeness (QED) is 0.302. The number of aromatic nitrogens is 1. The highest BCUT2D eigenvalue weighted by atomic mass is 32.2. The Hall–Kier alpha value is -1.99. The van der Waals surface area contributed by atoms with Crippen molar-refractivity contribution in [3.63, 3.8) is 0 Å². The summed E-state index contributed by atoms with van der Waals surface area (Å²) in [5, 5.41) is 0. The van der Waals surface area contributed by atoms with E-state index in [0.717, 1.165) is 22.5 Å². The van der Waals surface area contributed by atoms with E-state index in [-0.39, 0.29) is 14.9 Å². The minimum Gasteiger partial charge on any atom is -0.358 e. The second-order valence-electron chi connectivity index (χ2n) is 7.28.